The molecule has 0 amide bonds. The summed E-state index contributed by atoms with van der Waals surface area (Å²) in [5, 5.41) is 13.7. The largest absolute Gasteiger partial charge is 0.495 e. The number of methoxy groups -OCH3 is 1. The lowest BCUT2D eigenvalue weighted by Gasteiger charge is -2.40. The zero-order valence-electron chi connectivity index (χ0n) is 22.3. The summed E-state index contributed by atoms with van der Waals surface area (Å²) in [6, 6.07) is 13.2. The highest BCUT2D eigenvalue weighted by Gasteiger charge is 2.34. The smallest absolute Gasteiger partial charge is 0.253 e. The Kier molecular flexibility index (Phi) is 6.48. The maximum atomic E-state index is 13.7. The van der Waals surface area contributed by atoms with Gasteiger partial charge in [0.2, 0.25) is 6.79 Å². The molecule has 2 fully saturated rings. The van der Waals surface area contributed by atoms with E-state index in [2.05, 4.69) is 36.4 Å². The van der Waals surface area contributed by atoms with Gasteiger partial charge in [0.15, 0.2) is 17.3 Å². The van der Waals surface area contributed by atoms with Gasteiger partial charge >= 0.3 is 0 Å². The first kappa shape index (κ1) is 24.9. The Labute approximate surface area is 230 Å². The highest BCUT2D eigenvalue weighted by molar-refractivity contribution is 5.83. The van der Waals surface area contributed by atoms with Crippen LogP contribution >= 0.6 is 0 Å². The topological polar surface area (TPSA) is 120 Å². The molecule has 7 rings (SSSR count). The molecule has 1 N–H and O–H groups in total. The van der Waals surface area contributed by atoms with Gasteiger partial charge in [0.05, 0.1) is 31.0 Å². The predicted octanol–water partition coefficient (Wildman–Crippen LogP) is 2.34. The molecule has 0 saturated carbocycles. The number of piperazine rings is 1. The third-order valence-corrected chi connectivity index (χ3v) is 7.97. The number of para-hydroxylation sites is 2. The summed E-state index contributed by atoms with van der Waals surface area (Å²) in [4.78, 5) is 21.3. The molecule has 2 unspecified atom stereocenters. The maximum absolute atomic E-state index is 13.7. The third-order valence-electron chi connectivity index (χ3n) is 7.97. The summed E-state index contributed by atoms with van der Waals surface area (Å²) >= 11 is 0. The summed E-state index contributed by atoms with van der Waals surface area (Å²) in [5.74, 6) is 2.76. The van der Waals surface area contributed by atoms with Crippen LogP contribution < -0.4 is 24.7 Å². The van der Waals surface area contributed by atoms with Gasteiger partial charge in [0.25, 0.3) is 5.56 Å². The second kappa shape index (κ2) is 10.4. The van der Waals surface area contributed by atoms with E-state index in [1.54, 1.807) is 11.8 Å². The molecule has 4 aromatic rings. The van der Waals surface area contributed by atoms with Crippen LogP contribution in [0, 0.1) is 0 Å². The lowest BCUT2D eigenvalue weighted by atomic mass is 10.0. The minimum Gasteiger partial charge on any atom is -0.495 e. The molecule has 12 heteroatoms. The van der Waals surface area contributed by atoms with Crippen molar-refractivity contribution in [3.63, 3.8) is 0 Å². The van der Waals surface area contributed by atoms with Crippen molar-refractivity contribution in [2.24, 2.45) is 0 Å². The summed E-state index contributed by atoms with van der Waals surface area (Å²) in [6.07, 6.45) is 2.04. The molecule has 5 heterocycles. The van der Waals surface area contributed by atoms with Crippen molar-refractivity contribution in [2.45, 2.75) is 31.5 Å². The van der Waals surface area contributed by atoms with Crippen LogP contribution in [-0.4, -0.2) is 82.9 Å². The Bertz CT molecular complexity index is 1570. The number of anilines is 1. The molecule has 40 heavy (non-hydrogen) atoms. The van der Waals surface area contributed by atoms with Gasteiger partial charge in [-0.05, 0) is 47.5 Å². The number of aromatic amines is 1. The summed E-state index contributed by atoms with van der Waals surface area (Å²) in [6.45, 7) is 4.38. The molecular formula is C28H31N7O5. The number of pyridine rings is 1. The number of aromatic nitrogens is 5. The molecule has 0 aliphatic carbocycles. The molecule has 2 atom stereocenters. The van der Waals surface area contributed by atoms with Crippen molar-refractivity contribution < 1.29 is 18.9 Å². The number of rotatable bonds is 7. The molecular weight excluding hydrogens is 514 g/mol. The predicted molar refractivity (Wildman–Crippen MR) is 146 cm³/mol. The first-order chi connectivity index (χ1) is 19.7. The van der Waals surface area contributed by atoms with Crippen LogP contribution in [-0.2, 0) is 11.3 Å². The van der Waals surface area contributed by atoms with Crippen molar-refractivity contribution in [1.82, 2.24) is 30.1 Å². The van der Waals surface area contributed by atoms with E-state index >= 15 is 0 Å². The molecule has 2 aromatic carbocycles. The average molecular weight is 546 g/mol. The van der Waals surface area contributed by atoms with Gasteiger partial charge in [-0.25, -0.2) is 4.68 Å². The highest BCUT2D eigenvalue weighted by atomic mass is 16.7. The van der Waals surface area contributed by atoms with Gasteiger partial charge in [-0.3, -0.25) is 9.69 Å². The van der Waals surface area contributed by atoms with Crippen molar-refractivity contribution >= 4 is 16.6 Å². The molecule has 3 aliphatic heterocycles. The van der Waals surface area contributed by atoms with E-state index in [4.69, 9.17) is 18.9 Å². The second-order valence-electron chi connectivity index (χ2n) is 10.3. The Morgan fingerprint density at radius 1 is 1.10 bits per heavy atom. The molecule has 208 valence electrons. The SMILES string of the molecule is COc1ccccc1N1CCN(C(c2cc3cc4c(cc3[nH]c2=O)OCO4)c2nnnn2CC2CCCO2)CC1. The van der Waals surface area contributed by atoms with Crippen molar-refractivity contribution in [2.75, 3.05) is 51.6 Å². The second-order valence-corrected chi connectivity index (χ2v) is 10.3. The van der Waals surface area contributed by atoms with E-state index < -0.39 is 6.04 Å². The number of tetrazole rings is 1. The monoisotopic (exact) mass is 545 g/mol. The number of fused-ring (bicyclic) bond motifs is 2. The van der Waals surface area contributed by atoms with Gasteiger partial charge < -0.3 is 28.8 Å². The van der Waals surface area contributed by atoms with Crippen molar-refractivity contribution in [3.8, 4) is 17.2 Å². The standard InChI is InChI=1S/C28H31N7O5/c1-37-23-7-3-2-6-22(23)33-8-10-34(11-9-33)26(27-30-31-32-35(27)16-19-5-4-12-38-19)20-13-18-14-24-25(40-17-39-24)15-21(18)29-28(20)36/h2-3,6-7,13-15,19,26H,4-5,8-12,16-17H2,1H3,(H,29,36). The van der Waals surface area contributed by atoms with Crippen LogP contribution in [0.2, 0.25) is 0 Å². The molecule has 3 aliphatic rings. The number of hydrogen-bond acceptors (Lipinski definition) is 10. The number of nitrogens with zero attached hydrogens (tertiary/aromatic N) is 6. The number of benzene rings is 2. The number of H-pyrrole nitrogens is 1. The Balaban J connectivity index is 1.26. The van der Waals surface area contributed by atoms with E-state index in [0.717, 1.165) is 49.4 Å². The summed E-state index contributed by atoms with van der Waals surface area (Å²) in [7, 11) is 1.69. The van der Waals surface area contributed by atoms with Gasteiger partial charge in [-0.2, -0.15) is 0 Å². The van der Waals surface area contributed by atoms with Gasteiger partial charge in [-0.15, -0.1) is 5.10 Å². The Morgan fingerprint density at radius 3 is 2.73 bits per heavy atom. The normalized spacial score (nSPS) is 19.8. The molecule has 0 radical (unpaired) electrons. The lowest BCUT2D eigenvalue weighted by Crippen LogP contribution is -2.49. The molecule has 2 aromatic heterocycles. The number of nitrogens with one attached hydrogen (secondary N) is 1. The minimum atomic E-state index is -0.449. The molecule has 0 bridgehead atoms. The quantitative estimate of drug-likeness (QED) is 0.371. The first-order valence-corrected chi connectivity index (χ1v) is 13.6. The van der Waals surface area contributed by atoms with Gasteiger partial charge in [0, 0.05) is 49.8 Å². The molecule has 2 saturated heterocycles. The van der Waals surface area contributed by atoms with Crippen LogP contribution in [0.1, 0.15) is 30.3 Å². The van der Waals surface area contributed by atoms with Crippen LogP contribution in [0.25, 0.3) is 10.9 Å². The minimum absolute atomic E-state index is 0.0555. The maximum Gasteiger partial charge on any atom is 0.253 e. The zero-order valence-corrected chi connectivity index (χ0v) is 22.3. The molecule has 12 nitrogen and oxygen atoms in total. The Morgan fingerprint density at radius 2 is 1.93 bits per heavy atom. The van der Waals surface area contributed by atoms with Gasteiger partial charge in [0.1, 0.15) is 11.8 Å². The third kappa shape index (κ3) is 4.52. The van der Waals surface area contributed by atoms with Crippen LogP contribution in [0.15, 0.2) is 47.3 Å². The Hall–Kier alpha value is -4.16. The van der Waals surface area contributed by atoms with E-state index in [0.29, 0.717) is 48.0 Å². The van der Waals surface area contributed by atoms with Crippen LogP contribution in [0.3, 0.4) is 0 Å². The van der Waals surface area contributed by atoms with E-state index in [1.165, 1.54) is 0 Å². The number of ether oxygens (including phenoxy) is 4. The zero-order chi connectivity index (χ0) is 27.1. The fourth-order valence-electron chi connectivity index (χ4n) is 5.95. The first-order valence-electron chi connectivity index (χ1n) is 13.6. The van der Waals surface area contributed by atoms with E-state index in [-0.39, 0.29) is 18.5 Å². The van der Waals surface area contributed by atoms with E-state index in [1.807, 2.05) is 36.4 Å². The summed E-state index contributed by atoms with van der Waals surface area (Å²) < 4.78 is 24.4. The fourth-order valence-corrected chi connectivity index (χ4v) is 5.95. The summed E-state index contributed by atoms with van der Waals surface area (Å²) in [5.41, 5.74) is 2.15. The van der Waals surface area contributed by atoms with E-state index in [9.17, 15) is 4.79 Å². The lowest BCUT2D eigenvalue weighted by molar-refractivity contribution is 0.0906. The highest BCUT2D eigenvalue weighted by Crippen LogP contribution is 2.37. The van der Waals surface area contributed by atoms with Crippen molar-refractivity contribution in [1.29, 1.82) is 0 Å². The van der Waals surface area contributed by atoms with Crippen LogP contribution in [0.4, 0.5) is 5.69 Å². The fraction of sp³-hybridized carbons (Fsp3) is 0.429. The van der Waals surface area contributed by atoms with Gasteiger partial charge in [-0.1, -0.05) is 12.1 Å². The molecule has 0 spiro atoms. The van der Waals surface area contributed by atoms with Crippen molar-refractivity contribution in [3.05, 3.63) is 64.2 Å². The average Bonchev–Trinajstić information content (AvgIpc) is 3.76. The van der Waals surface area contributed by atoms with Crippen LogP contribution in [0.5, 0.6) is 17.2 Å². The number of hydrogen-bond donors (Lipinski definition) is 1.